The lowest BCUT2D eigenvalue weighted by Gasteiger charge is -2.24. The van der Waals surface area contributed by atoms with Crippen LogP contribution in [0.3, 0.4) is 0 Å². The number of anilines is 1. The number of alkyl halides is 3. The number of hydrazine groups is 1. The molecule has 1 aromatic rings. The van der Waals surface area contributed by atoms with Crippen LogP contribution in [0.2, 0.25) is 0 Å². The van der Waals surface area contributed by atoms with Crippen molar-refractivity contribution in [1.29, 1.82) is 0 Å². The summed E-state index contributed by atoms with van der Waals surface area (Å²) in [5.41, 5.74) is 1.89. The van der Waals surface area contributed by atoms with Crippen LogP contribution in [-0.2, 0) is 19.0 Å². The topological polar surface area (TPSA) is 63.8 Å². The molecule has 0 bridgehead atoms. The molecule has 0 saturated heterocycles. The molecule has 0 aromatic carbocycles. The van der Waals surface area contributed by atoms with E-state index in [1.165, 1.54) is 0 Å². The third-order valence-electron chi connectivity index (χ3n) is 2.92. The molecule has 0 saturated carbocycles. The van der Waals surface area contributed by atoms with E-state index >= 15 is 0 Å². The van der Waals surface area contributed by atoms with Crippen molar-refractivity contribution in [2.24, 2.45) is 11.8 Å². The van der Waals surface area contributed by atoms with Gasteiger partial charge in [-0.15, -0.1) is 0 Å². The highest BCUT2D eigenvalue weighted by molar-refractivity contribution is 5.37. The van der Waals surface area contributed by atoms with Crippen LogP contribution in [0, 0.1) is 5.92 Å². The van der Waals surface area contributed by atoms with Gasteiger partial charge in [-0.2, -0.15) is 13.2 Å². The third kappa shape index (κ3) is 2.33. The lowest BCUT2D eigenvalue weighted by Crippen LogP contribution is -2.24. The second-order valence-corrected chi connectivity index (χ2v) is 4.31. The summed E-state index contributed by atoms with van der Waals surface area (Å²) in [7, 11) is 0. The van der Waals surface area contributed by atoms with Gasteiger partial charge in [-0.05, 0) is 25.2 Å². The number of nitrogens with zero attached hydrogens (tertiary/aromatic N) is 2. The van der Waals surface area contributed by atoms with E-state index in [0.717, 1.165) is 6.42 Å². The number of nitrogens with two attached hydrogens (primary N) is 1. The molecule has 17 heavy (non-hydrogen) atoms. The predicted octanol–water partition coefficient (Wildman–Crippen LogP) is 1.91. The number of halogens is 3. The largest absolute Gasteiger partial charge is 0.433 e. The molecule has 0 amide bonds. The molecule has 0 unspecified atom stereocenters. The first-order chi connectivity index (χ1) is 7.91. The molecule has 1 heterocycles. The van der Waals surface area contributed by atoms with Crippen LogP contribution >= 0.6 is 0 Å². The van der Waals surface area contributed by atoms with Crippen LogP contribution in [0.15, 0.2) is 0 Å². The average molecular weight is 246 g/mol. The molecule has 1 atom stereocenters. The van der Waals surface area contributed by atoms with Crippen molar-refractivity contribution < 1.29 is 13.2 Å². The fourth-order valence-electron chi connectivity index (χ4n) is 2.08. The molecule has 2 rings (SSSR count). The van der Waals surface area contributed by atoms with Crippen molar-refractivity contribution in [3.63, 3.8) is 0 Å². The number of nitrogens with one attached hydrogen (secondary N) is 1. The second kappa shape index (κ2) is 4.14. The Morgan fingerprint density at radius 1 is 1.35 bits per heavy atom. The van der Waals surface area contributed by atoms with Crippen molar-refractivity contribution >= 4 is 5.95 Å². The number of hydrogen-bond donors (Lipinski definition) is 2. The Bertz CT molecular complexity index is 430. The van der Waals surface area contributed by atoms with Crippen molar-refractivity contribution in [2.75, 3.05) is 5.43 Å². The van der Waals surface area contributed by atoms with Crippen LogP contribution in [-0.4, -0.2) is 9.97 Å². The zero-order valence-corrected chi connectivity index (χ0v) is 9.30. The molecule has 1 aliphatic carbocycles. The standard InChI is InChI=1S/C10H13F3N4/c1-5-2-3-7-6(4-5)8(10(11,12)13)16-9(15-7)17-14/h5H,2-4,14H2,1H3,(H,15,16,17)/t5-/m1/s1. The van der Waals surface area contributed by atoms with E-state index in [1.54, 1.807) is 0 Å². The van der Waals surface area contributed by atoms with Gasteiger partial charge < -0.3 is 0 Å². The first kappa shape index (κ1) is 12.1. The number of nitrogen functional groups attached to an aromatic ring is 1. The summed E-state index contributed by atoms with van der Waals surface area (Å²) in [5.74, 6) is 5.13. The molecule has 0 radical (unpaired) electrons. The Morgan fingerprint density at radius 3 is 2.65 bits per heavy atom. The van der Waals surface area contributed by atoms with E-state index in [-0.39, 0.29) is 17.4 Å². The van der Waals surface area contributed by atoms with Crippen LogP contribution in [0.25, 0.3) is 0 Å². The monoisotopic (exact) mass is 246 g/mol. The first-order valence-corrected chi connectivity index (χ1v) is 5.35. The Morgan fingerprint density at radius 2 is 2.06 bits per heavy atom. The summed E-state index contributed by atoms with van der Waals surface area (Å²) < 4.78 is 38.6. The zero-order valence-electron chi connectivity index (χ0n) is 9.30. The number of rotatable bonds is 1. The molecular formula is C10H13F3N4. The zero-order chi connectivity index (χ0) is 12.6. The van der Waals surface area contributed by atoms with E-state index in [9.17, 15) is 13.2 Å². The minimum absolute atomic E-state index is 0.175. The van der Waals surface area contributed by atoms with Crippen LogP contribution in [0.1, 0.15) is 30.3 Å². The van der Waals surface area contributed by atoms with E-state index in [1.807, 2.05) is 6.92 Å². The highest BCUT2D eigenvalue weighted by atomic mass is 19.4. The van der Waals surface area contributed by atoms with Crippen molar-refractivity contribution in [3.05, 3.63) is 17.0 Å². The smallest absolute Gasteiger partial charge is 0.292 e. The molecule has 0 fully saturated rings. The summed E-state index contributed by atoms with van der Waals surface area (Å²) >= 11 is 0. The predicted molar refractivity (Wildman–Crippen MR) is 56.0 cm³/mol. The molecule has 1 aliphatic rings. The van der Waals surface area contributed by atoms with Gasteiger partial charge in [0.15, 0.2) is 5.69 Å². The molecule has 1 aromatic heterocycles. The fourth-order valence-corrected chi connectivity index (χ4v) is 2.08. The lowest BCUT2D eigenvalue weighted by molar-refractivity contribution is -0.142. The van der Waals surface area contributed by atoms with Crippen LogP contribution in [0.5, 0.6) is 0 Å². The quantitative estimate of drug-likeness (QED) is 0.587. The lowest BCUT2D eigenvalue weighted by atomic mass is 9.87. The van der Waals surface area contributed by atoms with Gasteiger partial charge in [0.05, 0.1) is 0 Å². The average Bonchev–Trinajstić information content (AvgIpc) is 2.26. The number of aryl methyl sites for hydroxylation is 1. The van der Waals surface area contributed by atoms with Crippen LogP contribution in [0.4, 0.5) is 19.1 Å². The summed E-state index contributed by atoms with van der Waals surface area (Å²) in [5, 5.41) is 0. The van der Waals surface area contributed by atoms with Crippen molar-refractivity contribution in [1.82, 2.24) is 9.97 Å². The number of fused-ring (bicyclic) bond motifs is 1. The second-order valence-electron chi connectivity index (χ2n) is 4.31. The van der Waals surface area contributed by atoms with E-state index < -0.39 is 11.9 Å². The van der Waals surface area contributed by atoms with Crippen molar-refractivity contribution in [2.45, 2.75) is 32.4 Å². The number of aromatic nitrogens is 2. The van der Waals surface area contributed by atoms with Crippen molar-refractivity contribution in [3.8, 4) is 0 Å². The summed E-state index contributed by atoms with van der Waals surface area (Å²) in [4.78, 5) is 7.43. The Kier molecular flexibility index (Phi) is 2.94. The van der Waals surface area contributed by atoms with Gasteiger partial charge in [0, 0.05) is 11.3 Å². The van der Waals surface area contributed by atoms with E-state index in [2.05, 4.69) is 15.4 Å². The summed E-state index contributed by atoms with van der Waals surface area (Å²) in [6, 6.07) is 0. The summed E-state index contributed by atoms with van der Waals surface area (Å²) in [6.45, 7) is 1.93. The minimum atomic E-state index is -4.46. The Labute approximate surface area is 96.4 Å². The highest BCUT2D eigenvalue weighted by Crippen LogP contribution is 2.36. The molecule has 3 N–H and O–H groups in total. The van der Waals surface area contributed by atoms with Gasteiger partial charge in [0.25, 0.3) is 0 Å². The van der Waals surface area contributed by atoms with Gasteiger partial charge >= 0.3 is 6.18 Å². The van der Waals surface area contributed by atoms with Crippen LogP contribution < -0.4 is 11.3 Å². The SMILES string of the molecule is C[C@@H]1CCc2nc(NN)nc(C(F)(F)F)c2C1. The molecule has 4 nitrogen and oxygen atoms in total. The molecule has 0 aliphatic heterocycles. The number of hydrogen-bond acceptors (Lipinski definition) is 4. The minimum Gasteiger partial charge on any atom is -0.292 e. The van der Waals surface area contributed by atoms with Gasteiger partial charge in [-0.3, -0.25) is 5.43 Å². The van der Waals surface area contributed by atoms with E-state index in [4.69, 9.17) is 5.84 Å². The Hall–Kier alpha value is -1.37. The highest BCUT2D eigenvalue weighted by Gasteiger charge is 2.38. The first-order valence-electron chi connectivity index (χ1n) is 5.35. The molecule has 0 spiro atoms. The van der Waals surface area contributed by atoms with Gasteiger partial charge in [-0.25, -0.2) is 15.8 Å². The molecular weight excluding hydrogens is 233 g/mol. The van der Waals surface area contributed by atoms with Gasteiger partial charge in [0.1, 0.15) is 0 Å². The molecule has 7 heteroatoms. The Balaban J connectivity index is 2.56. The van der Waals surface area contributed by atoms with Gasteiger partial charge in [0.2, 0.25) is 5.95 Å². The maximum Gasteiger partial charge on any atom is 0.433 e. The summed E-state index contributed by atoms with van der Waals surface area (Å²) in [6.07, 6.45) is -2.72. The normalized spacial score (nSPS) is 19.9. The maximum atomic E-state index is 12.9. The molecule has 94 valence electrons. The van der Waals surface area contributed by atoms with E-state index in [0.29, 0.717) is 18.5 Å². The van der Waals surface area contributed by atoms with Gasteiger partial charge in [-0.1, -0.05) is 6.92 Å². The third-order valence-corrected chi connectivity index (χ3v) is 2.92. The maximum absolute atomic E-state index is 12.9. The fraction of sp³-hybridized carbons (Fsp3) is 0.600.